The lowest BCUT2D eigenvalue weighted by Gasteiger charge is -2.28. The van der Waals surface area contributed by atoms with Crippen LogP contribution >= 0.6 is 0 Å². The minimum absolute atomic E-state index is 0.169. The van der Waals surface area contributed by atoms with Crippen LogP contribution in [0.2, 0.25) is 0 Å². The monoisotopic (exact) mass is 171 g/mol. The van der Waals surface area contributed by atoms with E-state index in [1.807, 2.05) is 0 Å². The Kier molecular flexibility index (Phi) is 2.73. The number of carboxylic acids is 1. The Hall–Kier alpha value is -0.570. The third-order valence-corrected chi connectivity index (χ3v) is 3.02. The second-order valence-electron chi connectivity index (χ2n) is 3.93. The fourth-order valence-corrected chi connectivity index (χ4v) is 1.80. The highest BCUT2D eigenvalue weighted by atomic mass is 16.4. The predicted octanol–water partition coefficient (Wildman–Crippen LogP) is 1.37. The highest BCUT2D eigenvalue weighted by molar-refractivity contribution is 5.75. The molecule has 3 nitrogen and oxygen atoms in total. The standard InChI is InChI=1S/C9H17NO2/c1-9(8(11)12)6-4-2-3-5-7(9)10/h7H,2-6,10H2,1H3,(H,11,12). The third-order valence-electron chi connectivity index (χ3n) is 3.02. The van der Waals surface area contributed by atoms with Gasteiger partial charge in [0.25, 0.3) is 0 Å². The molecular weight excluding hydrogens is 154 g/mol. The number of hydrogen-bond acceptors (Lipinski definition) is 2. The van der Waals surface area contributed by atoms with Crippen LogP contribution in [0.1, 0.15) is 39.0 Å². The Morgan fingerprint density at radius 1 is 1.50 bits per heavy atom. The summed E-state index contributed by atoms with van der Waals surface area (Å²) in [6.07, 6.45) is 4.77. The van der Waals surface area contributed by atoms with Crippen LogP contribution in [0.5, 0.6) is 0 Å². The molecule has 0 bridgehead atoms. The molecule has 1 fully saturated rings. The average molecular weight is 171 g/mol. The van der Waals surface area contributed by atoms with Crippen LogP contribution < -0.4 is 5.73 Å². The van der Waals surface area contributed by atoms with Crippen molar-refractivity contribution in [3.63, 3.8) is 0 Å². The summed E-state index contributed by atoms with van der Waals surface area (Å²) in [6, 6.07) is -0.169. The number of hydrogen-bond donors (Lipinski definition) is 2. The van der Waals surface area contributed by atoms with Crippen molar-refractivity contribution in [3.05, 3.63) is 0 Å². The van der Waals surface area contributed by atoms with Gasteiger partial charge in [-0.15, -0.1) is 0 Å². The smallest absolute Gasteiger partial charge is 0.310 e. The normalized spacial score (nSPS) is 37.3. The van der Waals surface area contributed by atoms with Crippen molar-refractivity contribution >= 4 is 5.97 Å². The van der Waals surface area contributed by atoms with Crippen molar-refractivity contribution < 1.29 is 9.90 Å². The Labute approximate surface area is 72.9 Å². The molecule has 0 aromatic rings. The maximum absolute atomic E-state index is 11.0. The van der Waals surface area contributed by atoms with Crippen molar-refractivity contribution in [2.75, 3.05) is 0 Å². The van der Waals surface area contributed by atoms with Gasteiger partial charge in [0, 0.05) is 6.04 Å². The van der Waals surface area contributed by atoms with Gasteiger partial charge in [0.05, 0.1) is 5.41 Å². The van der Waals surface area contributed by atoms with E-state index in [1.165, 1.54) is 0 Å². The van der Waals surface area contributed by atoms with Gasteiger partial charge in [-0.3, -0.25) is 4.79 Å². The van der Waals surface area contributed by atoms with Crippen molar-refractivity contribution in [1.82, 2.24) is 0 Å². The maximum atomic E-state index is 11.0. The van der Waals surface area contributed by atoms with E-state index in [1.54, 1.807) is 6.92 Å². The molecule has 1 aliphatic rings. The number of carbonyl (C=O) groups is 1. The van der Waals surface area contributed by atoms with Crippen molar-refractivity contribution in [3.8, 4) is 0 Å². The first-order valence-electron chi connectivity index (χ1n) is 4.56. The van der Waals surface area contributed by atoms with Gasteiger partial charge in [-0.1, -0.05) is 19.3 Å². The second kappa shape index (κ2) is 3.44. The van der Waals surface area contributed by atoms with Gasteiger partial charge in [-0.05, 0) is 19.8 Å². The van der Waals surface area contributed by atoms with E-state index in [-0.39, 0.29) is 6.04 Å². The number of nitrogens with two attached hydrogens (primary N) is 1. The predicted molar refractivity (Wildman–Crippen MR) is 46.8 cm³/mol. The van der Waals surface area contributed by atoms with E-state index in [4.69, 9.17) is 10.8 Å². The molecule has 1 rings (SSSR count). The maximum Gasteiger partial charge on any atom is 0.310 e. The van der Waals surface area contributed by atoms with Gasteiger partial charge in [0.1, 0.15) is 0 Å². The zero-order valence-electron chi connectivity index (χ0n) is 7.55. The summed E-state index contributed by atoms with van der Waals surface area (Å²) in [4.78, 5) is 11.0. The van der Waals surface area contributed by atoms with E-state index < -0.39 is 11.4 Å². The van der Waals surface area contributed by atoms with Crippen LogP contribution in [0.15, 0.2) is 0 Å². The highest BCUT2D eigenvalue weighted by Crippen LogP contribution is 2.33. The molecule has 1 saturated carbocycles. The van der Waals surface area contributed by atoms with E-state index in [0.717, 1.165) is 32.1 Å². The number of aliphatic carboxylic acids is 1. The highest BCUT2D eigenvalue weighted by Gasteiger charge is 2.39. The minimum Gasteiger partial charge on any atom is -0.481 e. The molecule has 70 valence electrons. The summed E-state index contributed by atoms with van der Waals surface area (Å²) in [6.45, 7) is 1.77. The van der Waals surface area contributed by atoms with Crippen LogP contribution in [0, 0.1) is 5.41 Å². The number of carboxylic acid groups (broad SMARTS) is 1. The molecule has 0 aromatic carbocycles. The van der Waals surface area contributed by atoms with E-state index in [2.05, 4.69) is 0 Å². The zero-order valence-corrected chi connectivity index (χ0v) is 7.55. The van der Waals surface area contributed by atoms with Gasteiger partial charge in [0.2, 0.25) is 0 Å². The molecule has 0 aliphatic heterocycles. The molecule has 3 heteroatoms. The fourth-order valence-electron chi connectivity index (χ4n) is 1.80. The molecule has 1 aliphatic carbocycles. The Bertz CT molecular complexity index is 181. The summed E-state index contributed by atoms with van der Waals surface area (Å²) in [5.74, 6) is -0.739. The molecule has 12 heavy (non-hydrogen) atoms. The SMILES string of the molecule is CC1(C(=O)O)CCCCCC1N. The molecule has 0 spiro atoms. The van der Waals surface area contributed by atoms with Crippen LogP contribution in [0.25, 0.3) is 0 Å². The lowest BCUT2D eigenvalue weighted by Crippen LogP contribution is -2.44. The molecule has 0 amide bonds. The first kappa shape index (κ1) is 9.52. The van der Waals surface area contributed by atoms with Gasteiger partial charge in [-0.2, -0.15) is 0 Å². The van der Waals surface area contributed by atoms with Crippen molar-refractivity contribution in [1.29, 1.82) is 0 Å². The largest absolute Gasteiger partial charge is 0.481 e. The molecular formula is C9H17NO2. The molecule has 0 heterocycles. The Balaban J connectivity index is 2.75. The first-order valence-corrected chi connectivity index (χ1v) is 4.56. The second-order valence-corrected chi connectivity index (χ2v) is 3.93. The number of rotatable bonds is 1. The summed E-state index contributed by atoms with van der Waals surface area (Å²) >= 11 is 0. The summed E-state index contributed by atoms with van der Waals surface area (Å²) in [5, 5.41) is 9.01. The minimum atomic E-state index is -0.739. The van der Waals surface area contributed by atoms with Crippen LogP contribution in [0.3, 0.4) is 0 Å². The zero-order chi connectivity index (χ0) is 9.19. The fraction of sp³-hybridized carbons (Fsp3) is 0.889. The molecule has 0 aromatic heterocycles. The van der Waals surface area contributed by atoms with E-state index in [9.17, 15) is 4.79 Å². The van der Waals surface area contributed by atoms with Crippen LogP contribution in [-0.4, -0.2) is 17.1 Å². The van der Waals surface area contributed by atoms with E-state index in [0.29, 0.717) is 0 Å². The molecule has 0 radical (unpaired) electrons. The molecule has 0 saturated heterocycles. The lowest BCUT2D eigenvalue weighted by atomic mass is 9.79. The summed E-state index contributed by atoms with van der Waals surface area (Å²) in [5.41, 5.74) is 5.15. The summed E-state index contributed by atoms with van der Waals surface area (Å²) < 4.78 is 0. The van der Waals surface area contributed by atoms with Crippen molar-refractivity contribution in [2.24, 2.45) is 11.1 Å². The van der Waals surface area contributed by atoms with Gasteiger partial charge in [0.15, 0.2) is 0 Å². The van der Waals surface area contributed by atoms with Gasteiger partial charge >= 0.3 is 5.97 Å². The van der Waals surface area contributed by atoms with Crippen LogP contribution in [-0.2, 0) is 4.79 Å². The average Bonchev–Trinajstić information content (AvgIpc) is 2.16. The molecule has 2 atom stereocenters. The first-order chi connectivity index (χ1) is 5.57. The Morgan fingerprint density at radius 3 is 2.75 bits per heavy atom. The summed E-state index contributed by atoms with van der Waals surface area (Å²) in [7, 11) is 0. The third kappa shape index (κ3) is 1.61. The lowest BCUT2D eigenvalue weighted by molar-refractivity contribution is -0.149. The molecule has 2 unspecified atom stereocenters. The van der Waals surface area contributed by atoms with Crippen LogP contribution in [0.4, 0.5) is 0 Å². The van der Waals surface area contributed by atoms with Gasteiger partial charge in [-0.25, -0.2) is 0 Å². The topological polar surface area (TPSA) is 63.3 Å². The Morgan fingerprint density at radius 2 is 2.17 bits per heavy atom. The molecule has 3 N–H and O–H groups in total. The van der Waals surface area contributed by atoms with Gasteiger partial charge < -0.3 is 10.8 Å². The van der Waals surface area contributed by atoms with E-state index >= 15 is 0 Å². The van der Waals surface area contributed by atoms with Crippen molar-refractivity contribution in [2.45, 2.75) is 45.1 Å². The quantitative estimate of drug-likeness (QED) is 0.586.